The molecule has 0 saturated carbocycles. The van der Waals surface area contributed by atoms with Gasteiger partial charge in [0.2, 0.25) is 0 Å². The van der Waals surface area contributed by atoms with Gasteiger partial charge < -0.3 is 9.30 Å². The van der Waals surface area contributed by atoms with Crippen molar-refractivity contribution in [1.29, 1.82) is 5.26 Å². The molecule has 0 N–H and O–H groups in total. The van der Waals surface area contributed by atoms with Gasteiger partial charge in [-0.15, -0.1) is 0 Å². The molecule has 0 radical (unpaired) electrons. The normalized spacial score (nSPS) is 11.2. The molecule has 0 aliphatic heterocycles. The van der Waals surface area contributed by atoms with Gasteiger partial charge in [-0.3, -0.25) is 0 Å². The van der Waals surface area contributed by atoms with Crippen LogP contribution in [0.4, 0.5) is 13.2 Å². The Balaban J connectivity index is 2.07. The first kappa shape index (κ1) is 16.7. The van der Waals surface area contributed by atoms with E-state index < -0.39 is 11.9 Å². The number of benzene rings is 1. The van der Waals surface area contributed by atoms with Crippen molar-refractivity contribution in [2.24, 2.45) is 0 Å². The number of ether oxygens (including phenoxy) is 1. The number of nitriles is 1. The average molecular weight is 366 g/mol. The van der Waals surface area contributed by atoms with Gasteiger partial charge in [0.1, 0.15) is 18.1 Å². The van der Waals surface area contributed by atoms with E-state index in [2.05, 4.69) is 15.0 Å². The van der Waals surface area contributed by atoms with Crippen molar-refractivity contribution in [2.75, 3.05) is 0 Å². The second kappa shape index (κ2) is 6.41. The highest BCUT2D eigenvalue weighted by Crippen LogP contribution is 2.32. The van der Waals surface area contributed by atoms with E-state index in [1.807, 2.05) is 6.07 Å². The third-order valence-electron chi connectivity index (χ3n) is 3.05. The Morgan fingerprint density at radius 3 is 2.48 bits per heavy atom. The molecular formula is C15H7ClF3N5O. The zero-order valence-electron chi connectivity index (χ0n) is 12.2. The number of halogens is 4. The summed E-state index contributed by atoms with van der Waals surface area (Å²) in [6, 6.07) is 6.27. The number of rotatable bonds is 3. The van der Waals surface area contributed by atoms with E-state index in [1.165, 1.54) is 30.6 Å². The summed E-state index contributed by atoms with van der Waals surface area (Å²) in [5.74, 6) is 0.0903. The summed E-state index contributed by atoms with van der Waals surface area (Å²) in [6.07, 6.45) is -0.277. The van der Waals surface area contributed by atoms with Crippen molar-refractivity contribution in [2.45, 2.75) is 6.18 Å². The lowest BCUT2D eigenvalue weighted by atomic mass is 10.1. The van der Waals surface area contributed by atoms with Gasteiger partial charge in [0, 0.05) is 6.20 Å². The highest BCUT2D eigenvalue weighted by atomic mass is 35.5. The summed E-state index contributed by atoms with van der Waals surface area (Å²) < 4.78 is 44.9. The minimum atomic E-state index is -4.60. The monoisotopic (exact) mass is 365 g/mol. The molecule has 1 aromatic carbocycles. The summed E-state index contributed by atoms with van der Waals surface area (Å²) in [7, 11) is 0. The number of para-hydroxylation sites is 1. The number of hydrogen-bond acceptors (Lipinski definition) is 5. The molecule has 10 heteroatoms. The predicted octanol–water partition coefficient (Wildman–Crippen LogP) is 4.00. The molecule has 126 valence electrons. The highest BCUT2D eigenvalue weighted by Gasteiger charge is 2.34. The standard InChI is InChI=1S/C15H7ClF3N5O/c16-10-5-21-14(22-6-10)25-11-3-1-2-9(4-20)13(11)24-7-12(23-8-24)15(17,18)19/h1-3,5-8H. The first-order valence-electron chi connectivity index (χ1n) is 6.68. The van der Waals surface area contributed by atoms with E-state index in [0.29, 0.717) is 5.02 Å². The van der Waals surface area contributed by atoms with Crippen LogP contribution in [0.3, 0.4) is 0 Å². The van der Waals surface area contributed by atoms with E-state index in [1.54, 1.807) is 0 Å². The lowest BCUT2D eigenvalue weighted by Crippen LogP contribution is -2.05. The Labute approximate surface area is 144 Å². The Bertz CT molecular complexity index is 947. The van der Waals surface area contributed by atoms with Crippen molar-refractivity contribution < 1.29 is 17.9 Å². The van der Waals surface area contributed by atoms with Crippen LogP contribution < -0.4 is 4.74 Å². The first-order valence-corrected chi connectivity index (χ1v) is 7.06. The number of imidazole rings is 1. The molecular weight excluding hydrogens is 359 g/mol. The Hall–Kier alpha value is -3.12. The minimum Gasteiger partial charge on any atom is -0.422 e. The van der Waals surface area contributed by atoms with Crippen LogP contribution in [0.5, 0.6) is 11.8 Å². The summed E-state index contributed by atoms with van der Waals surface area (Å²) in [5.41, 5.74) is -0.905. The first-order chi connectivity index (χ1) is 11.9. The fraction of sp³-hybridized carbons (Fsp3) is 0.0667. The van der Waals surface area contributed by atoms with Gasteiger partial charge in [-0.2, -0.15) is 18.4 Å². The molecule has 0 saturated heterocycles. The molecule has 0 atom stereocenters. The quantitative estimate of drug-likeness (QED) is 0.701. The molecule has 0 aliphatic rings. The molecule has 25 heavy (non-hydrogen) atoms. The molecule has 0 unspecified atom stereocenters. The van der Waals surface area contributed by atoms with Crippen LogP contribution in [0.1, 0.15) is 11.3 Å². The topological polar surface area (TPSA) is 76.6 Å². The van der Waals surface area contributed by atoms with Crippen LogP contribution in [0.2, 0.25) is 5.02 Å². The zero-order valence-corrected chi connectivity index (χ0v) is 13.0. The molecule has 3 rings (SSSR count). The number of alkyl halides is 3. The summed E-state index contributed by atoms with van der Waals surface area (Å²) in [5, 5.41) is 9.56. The van der Waals surface area contributed by atoms with Crippen molar-refractivity contribution in [3.8, 4) is 23.5 Å². The predicted molar refractivity (Wildman–Crippen MR) is 80.4 cm³/mol. The number of hydrogen-bond donors (Lipinski definition) is 0. The zero-order chi connectivity index (χ0) is 18.0. The molecule has 3 aromatic rings. The van der Waals surface area contributed by atoms with Gasteiger partial charge in [0.05, 0.1) is 23.0 Å². The van der Waals surface area contributed by atoms with Gasteiger partial charge >= 0.3 is 12.2 Å². The maximum atomic E-state index is 12.8. The van der Waals surface area contributed by atoms with E-state index in [-0.39, 0.29) is 23.0 Å². The van der Waals surface area contributed by atoms with Gasteiger partial charge in [-0.05, 0) is 12.1 Å². The Kier molecular flexibility index (Phi) is 4.29. The van der Waals surface area contributed by atoms with Crippen molar-refractivity contribution in [3.63, 3.8) is 0 Å². The van der Waals surface area contributed by atoms with Crippen LogP contribution >= 0.6 is 11.6 Å². The molecule has 0 fully saturated rings. The van der Waals surface area contributed by atoms with Crippen LogP contribution in [0.15, 0.2) is 43.1 Å². The number of nitrogens with zero attached hydrogens (tertiary/aromatic N) is 5. The third kappa shape index (κ3) is 3.54. The van der Waals surface area contributed by atoms with E-state index in [4.69, 9.17) is 16.3 Å². The fourth-order valence-electron chi connectivity index (χ4n) is 2.00. The number of aromatic nitrogens is 4. The van der Waals surface area contributed by atoms with Crippen LogP contribution in [-0.4, -0.2) is 19.5 Å². The lowest BCUT2D eigenvalue weighted by molar-refractivity contribution is -0.140. The summed E-state index contributed by atoms with van der Waals surface area (Å²) >= 11 is 5.69. The third-order valence-corrected chi connectivity index (χ3v) is 3.24. The summed E-state index contributed by atoms with van der Waals surface area (Å²) in [6.45, 7) is 0. The lowest BCUT2D eigenvalue weighted by Gasteiger charge is -2.12. The van der Waals surface area contributed by atoms with Crippen molar-refractivity contribution in [1.82, 2.24) is 19.5 Å². The smallest absolute Gasteiger partial charge is 0.422 e. The largest absolute Gasteiger partial charge is 0.434 e. The molecule has 0 spiro atoms. The van der Waals surface area contributed by atoms with Crippen LogP contribution in [0, 0.1) is 11.3 Å². The Morgan fingerprint density at radius 2 is 1.88 bits per heavy atom. The fourth-order valence-corrected chi connectivity index (χ4v) is 2.10. The van der Waals surface area contributed by atoms with Gasteiger partial charge in [0.15, 0.2) is 11.4 Å². The van der Waals surface area contributed by atoms with E-state index in [0.717, 1.165) is 17.1 Å². The maximum absolute atomic E-state index is 12.8. The van der Waals surface area contributed by atoms with Crippen LogP contribution in [0.25, 0.3) is 5.69 Å². The maximum Gasteiger partial charge on any atom is 0.434 e. The van der Waals surface area contributed by atoms with E-state index >= 15 is 0 Å². The SMILES string of the molecule is N#Cc1cccc(Oc2ncc(Cl)cn2)c1-n1cnc(C(F)(F)F)c1. The van der Waals surface area contributed by atoms with Gasteiger partial charge in [-0.25, -0.2) is 15.0 Å². The molecule has 2 aromatic heterocycles. The van der Waals surface area contributed by atoms with Crippen LogP contribution in [-0.2, 0) is 6.18 Å². The molecule has 0 amide bonds. The second-order valence-corrected chi connectivity index (χ2v) is 5.15. The van der Waals surface area contributed by atoms with Crippen molar-refractivity contribution >= 4 is 11.6 Å². The Morgan fingerprint density at radius 1 is 1.16 bits per heavy atom. The van der Waals surface area contributed by atoms with Gasteiger partial charge in [-0.1, -0.05) is 17.7 Å². The molecule has 2 heterocycles. The second-order valence-electron chi connectivity index (χ2n) is 4.71. The molecule has 0 aliphatic carbocycles. The minimum absolute atomic E-state index is 0.0723. The summed E-state index contributed by atoms with van der Waals surface area (Å²) in [4.78, 5) is 11.0. The molecule has 0 bridgehead atoms. The van der Waals surface area contributed by atoms with E-state index in [9.17, 15) is 18.4 Å². The van der Waals surface area contributed by atoms with Gasteiger partial charge in [0.25, 0.3) is 0 Å². The highest BCUT2D eigenvalue weighted by molar-refractivity contribution is 6.30. The average Bonchev–Trinajstić information content (AvgIpc) is 3.06. The molecule has 6 nitrogen and oxygen atoms in total. The van der Waals surface area contributed by atoms with Crippen molar-refractivity contribution in [3.05, 3.63) is 59.4 Å².